The second kappa shape index (κ2) is 5.60. The van der Waals surface area contributed by atoms with Crippen molar-refractivity contribution >= 4 is 11.8 Å². The Morgan fingerprint density at radius 2 is 2.31 bits per heavy atom. The fourth-order valence-electron chi connectivity index (χ4n) is 2.22. The number of hydrogen-bond acceptors (Lipinski definition) is 3. The zero-order valence-corrected chi connectivity index (χ0v) is 10.5. The van der Waals surface area contributed by atoms with Gasteiger partial charge in [0.25, 0.3) is 0 Å². The number of hydrogen-bond donors (Lipinski definition) is 2. The zero-order chi connectivity index (χ0) is 11.4. The van der Waals surface area contributed by atoms with Gasteiger partial charge in [0.05, 0.1) is 0 Å². The molecule has 1 aliphatic rings. The van der Waals surface area contributed by atoms with Gasteiger partial charge in [-0.2, -0.15) is 0 Å². The van der Waals surface area contributed by atoms with Gasteiger partial charge in [-0.05, 0) is 55.8 Å². The van der Waals surface area contributed by atoms with Crippen molar-refractivity contribution in [2.45, 2.75) is 36.6 Å². The molecule has 0 aromatic heterocycles. The Bertz CT molecular complexity index is 348. The van der Waals surface area contributed by atoms with Crippen molar-refractivity contribution in [2.24, 2.45) is 0 Å². The number of phenols is 1. The molecule has 88 valence electrons. The van der Waals surface area contributed by atoms with E-state index < -0.39 is 0 Å². The molecule has 1 aromatic carbocycles. The fraction of sp³-hybridized carbons (Fsp3) is 0.538. The molecule has 1 aromatic rings. The molecule has 16 heavy (non-hydrogen) atoms. The van der Waals surface area contributed by atoms with E-state index in [1.54, 1.807) is 11.8 Å². The van der Waals surface area contributed by atoms with Gasteiger partial charge < -0.3 is 10.4 Å². The van der Waals surface area contributed by atoms with Gasteiger partial charge in [0, 0.05) is 10.9 Å². The van der Waals surface area contributed by atoms with Crippen molar-refractivity contribution in [1.29, 1.82) is 0 Å². The molecule has 0 amide bonds. The van der Waals surface area contributed by atoms with E-state index in [0.717, 1.165) is 18.5 Å². The van der Waals surface area contributed by atoms with Crippen LogP contribution in [-0.4, -0.2) is 23.9 Å². The third-order valence-corrected chi connectivity index (χ3v) is 3.89. The van der Waals surface area contributed by atoms with Gasteiger partial charge in [-0.1, -0.05) is 6.42 Å². The molecule has 2 N–H and O–H groups in total. The van der Waals surface area contributed by atoms with Gasteiger partial charge in [-0.3, -0.25) is 0 Å². The van der Waals surface area contributed by atoms with E-state index in [0.29, 0.717) is 11.8 Å². The van der Waals surface area contributed by atoms with Gasteiger partial charge in [-0.15, -0.1) is 11.8 Å². The zero-order valence-electron chi connectivity index (χ0n) is 9.70. The highest BCUT2D eigenvalue weighted by atomic mass is 32.2. The summed E-state index contributed by atoms with van der Waals surface area (Å²) in [6.45, 7) is 1.12. The van der Waals surface area contributed by atoms with Crippen LogP contribution in [0.25, 0.3) is 0 Å². The number of nitrogens with one attached hydrogen (secondary N) is 1. The van der Waals surface area contributed by atoms with Crippen LogP contribution in [0.3, 0.4) is 0 Å². The number of aromatic hydroxyl groups is 1. The first-order valence-electron chi connectivity index (χ1n) is 5.89. The molecule has 0 saturated carbocycles. The van der Waals surface area contributed by atoms with Crippen molar-refractivity contribution in [3.8, 4) is 5.75 Å². The topological polar surface area (TPSA) is 32.3 Å². The van der Waals surface area contributed by atoms with Crippen LogP contribution in [0.5, 0.6) is 5.75 Å². The Morgan fingerprint density at radius 3 is 3.00 bits per heavy atom. The maximum atomic E-state index is 9.82. The highest BCUT2D eigenvalue weighted by Gasteiger charge is 2.14. The fourth-order valence-corrected chi connectivity index (χ4v) is 2.68. The maximum Gasteiger partial charge on any atom is 0.118 e. The third kappa shape index (κ3) is 2.92. The normalized spacial score (nSPS) is 20.9. The van der Waals surface area contributed by atoms with E-state index in [4.69, 9.17) is 0 Å². The molecule has 1 unspecified atom stereocenters. The minimum atomic E-state index is 0.435. The smallest absolute Gasteiger partial charge is 0.118 e. The lowest BCUT2D eigenvalue weighted by Gasteiger charge is -2.23. The highest BCUT2D eigenvalue weighted by Crippen LogP contribution is 2.26. The average molecular weight is 237 g/mol. The molecule has 1 aliphatic heterocycles. The lowest BCUT2D eigenvalue weighted by molar-refractivity contribution is 0.391. The number of rotatable bonds is 3. The summed E-state index contributed by atoms with van der Waals surface area (Å²) >= 11 is 1.72. The largest absolute Gasteiger partial charge is 0.508 e. The van der Waals surface area contributed by atoms with E-state index in [2.05, 4.69) is 17.6 Å². The lowest BCUT2D eigenvalue weighted by atomic mass is 9.97. The molecule has 0 aliphatic carbocycles. The van der Waals surface area contributed by atoms with Gasteiger partial charge in [0.15, 0.2) is 0 Å². The van der Waals surface area contributed by atoms with Crippen LogP contribution >= 0.6 is 11.8 Å². The predicted octanol–water partition coefficient (Wildman–Crippen LogP) is 2.80. The van der Waals surface area contributed by atoms with E-state index >= 15 is 0 Å². The molecule has 0 spiro atoms. The molecule has 2 nitrogen and oxygen atoms in total. The first-order valence-corrected chi connectivity index (χ1v) is 7.11. The van der Waals surface area contributed by atoms with Crippen molar-refractivity contribution in [2.75, 3.05) is 12.8 Å². The summed E-state index contributed by atoms with van der Waals surface area (Å²) in [6.07, 6.45) is 6.83. The highest BCUT2D eigenvalue weighted by molar-refractivity contribution is 7.98. The molecule has 1 fully saturated rings. The second-order valence-corrected chi connectivity index (χ2v) is 5.23. The third-order valence-electron chi connectivity index (χ3n) is 3.17. The van der Waals surface area contributed by atoms with Crippen LogP contribution in [0.15, 0.2) is 23.1 Å². The van der Waals surface area contributed by atoms with E-state index in [1.165, 1.54) is 24.2 Å². The van der Waals surface area contributed by atoms with Gasteiger partial charge in [0.2, 0.25) is 0 Å². The summed E-state index contributed by atoms with van der Waals surface area (Å²) in [4.78, 5) is 1.23. The number of thioether (sulfide) groups is 1. The average Bonchev–Trinajstić information content (AvgIpc) is 2.33. The maximum absolute atomic E-state index is 9.82. The van der Waals surface area contributed by atoms with Gasteiger partial charge >= 0.3 is 0 Å². The van der Waals surface area contributed by atoms with Crippen LogP contribution in [0.1, 0.15) is 24.8 Å². The van der Waals surface area contributed by atoms with Crippen LogP contribution in [0, 0.1) is 0 Å². The molecule has 1 atom stereocenters. The summed E-state index contributed by atoms with van der Waals surface area (Å²) in [5.41, 5.74) is 1.08. The standard InChI is InChI=1S/C13H19NOS/c1-16-12-5-6-13(15)10(9-12)8-11-4-2-3-7-14-11/h5-6,9,11,14-15H,2-4,7-8H2,1H3. The van der Waals surface area contributed by atoms with E-state index in [1.807, 2.05) is 12.1 Å². The van der Waals surface area contributed by atoms with Crippen LogP contribution in [0.2, 0.25) is 0 Å². The number of phenolic OH excluding ortho intramolecular Hbond substituents is 1. The Morgan fingerprint density at radius 1 is 1.44 bits per heavy atom. The van der Waals surface area contributed by atoms with Crippen LogP contribution in [0.4, 0.5) is 0 Å². The molecule has 3 heteroatoms. The van der Waals surface area contributed by atoms with Crippen LogP contribution < -0.4 is 5.32 Å². The van der Waals surface area contributed by atoms with Crippen molar-refractivity contribution < 1.29 is 5.11 Å². The minimum absolute atomic E-state index is 0.435. The molecule has 0 bridgehead atoms. The Balaban J connectivity index is 2.06. The second-order valence-electron chi connectivity index (χ2n) is 4.35. The Hall–Kier alpha value is -0.670. The number of piperidine rings is 1. The van der Waals surface area contributed by atoms with Gasteiger partial charge in [-0.25, -0.2) is 0 Å². The van der Waals surface area contributed by atoms with Crippen molar-refractivity contribution in [3.05, 3.63) is 23.8 Å². The van der Waals surface area contributed by atoms with Gasteiger partial charge in [0.1, 0.15) is 5.75 Å². The van der Waals surface area contributed by atoms with E-state index in [9.17, 15) is 5.11 Å². The Kier molecular flexibility index (Phi) is 4.13. The van der Waals surface area contributed by atoms with Crippen molar-refractivity contribution in [3.63, 3.8) is 0 Å². The lowest BCUT2D eigenvalue weighted by Crippen LogP contribution is -2.35. The SMILES string of the molecule is CSc1ccc(O)c(CC2CCCCN2)c1. The molecular weight excluding hydrogens is 218 g/mol. The molecule has 0 radical (unpaired) electrons. The van der Waals surface area contributed by atoms with Crippen LogP contribution in [-0.2, 0) is 6.42 Å². The first-order chi connectivity index (χ1) is 7.79. The molecule has 2 rings (SSSR count). The summed E-state index contributed by atoms with van der Waals surface area (Å²) in [5.74, 6) is 0.435. The summed E-state index contributed by atoms with van der Waals surface area (Å²) in [6, 6.07) is 6.43. The number of benzene rings is 1. The molecular formula is C13H19NOS. The predicted molar refractivity (Wildman–Crippen MR) is 69.2 cm³/mol. The molecule has 1 heterocycles. The summed E-state index contributed by atoms with van der Waals surface area (Å²) in [7, 11) is 0. The summed E-state index contributed by atoms with van der Waals surface area (Å²) in [5, 5.41) is 13.3. The Labute approximate surface area is 101 Å². The monoisotopic (exact) mass is 237 g/mol. The van der Waals surface area contributed by atoms with Crippen molar-refractivity contribution in [1.82, 2.24) is 5.32 Å². The first kappa shape index (κ1) is 11.8. The quantitative estimate of drug-likeness (QED) is 0.793. The molecule has 1 saturated heterocycles. The van der Waals surface area contributed by atoms with E-state index in [-0.39, 0.29) is 0 Å². The summed E-state index contributed by atoms with van der Waals surface area (Å²) < 4.78 is 0. The minimum Gasteiger partial charge on any atom is -0.508 e.